The van der Waals surface area contributed by atoms with E-state index in [4.69, 9.17) is 16.3 Å². The average Bonchev–Trinajstić information content (AvgIpc) is 2.17. The number of ether oxygens (including phenoxy) is 1. The van der Waals surface area contributed by atoms with Crippen LogP contribution < -0.4 is 4.74 Å². The first-order valence-electron chi connectivity index (χ1n) is 4.43. The third-order valence-electron chi connectivity index (χ3n) is 2.26. The maximum atomic E-state index is 6.13. The third kappa shape index (κ3) is 1.82. The minimum absolute atomic E-state index is 0.698. The fourth-order valence-corrected chi connectivity index (χ4v) is 2.41. The molecule has 0 aliphatic heterocycles. The van der Waals surface area contributed by atoms with E-state index in [0.29, 0.717) is 5.02 Å². The number of benzene rings is 1. The fraction of sp³-hybridized carbons (Fsp3) is 0.182. The Morgan fingerprint density at radius 3 is 2.80 bits per heavy atom. The number of nitrogens with zero attached hydrogens (tertiary/aromatic N) is 1. The Hall–Kier alpha value is -0.800. The molecule has 0 N–H and O–H groups in total. The zero-order chi connectivity index (χ0) is 11.0. The summed E-state index contributed by atoms with van der Waals surface area (Å²) in [5.41, 5.74) is 1.87. The molecule has 4 heteroatoms. The molecular formula is C11H9BrClNO. The van der Waals surface area contributed by atoms with Crippen LogP contribution in [0.3, 0.4) is 0 Å². The Bertz CT molecular complexity index is 527. The molecule has 2 aromatic rings. The van der Waals surface area contributed by atoms with Gasteiger partial charge in [0, 0.05) is 5.39 Å². The monoisotopic (exact) mass is 285 g/mol. The molecule has 0 amide bonds. The zero-order valence-corrected chi connectivity index (χ0v) is 10.7. The molecule has 2 nitrogen and oxygen atoms in total. The molecule has 0 unspecified atom stereocenters. The molecule has 78 valence electrons. The molecule has 1 aromatic carbocycles. The van der Waals surface area contributed by atoms with Gasteiger partial charge in [-0.05, 0) is 46.6 Å². The highest BCUT2D eigenvalue weighted by Gasteiger charge is 2.09. The van der Waals surface area contributed by atoms with Crippen LogP contribution in [0.25, 0.3) is 10.9 Å². The number of pyridine rings is 1. The van der Waals surface area contributed by atoms with E-state index in [0.717, 1.165) is 26.8 Å². The molecule has 0 aliphatic carbocycles. The van der Waals surface area contributed by atoms with Crippen molar-refractivity contribution < 1.29 is 4.74 Å². The van der Waals surface area contributed by atoms with Crippen molar-refractivity contribution in [1.82, 2.24) is 4.98 Å². The molecule has 0 spiro atoms. The minimum atomic E-state index is 0.698. The van der Waals surface area contributed by atoms with Gasteiger partial charge in [-0.25, -0.2) is 4.98 Å². The number of methoxy groups -OCH3 is 1. The number of hydrogen-bond donors (Lipinski definition) is 0. The molecule has 0 radical (unpaired) electrons. The Morgan fingerprint density at radius 1 is 1.40 bits per heavy atom. The lowest BCUT2D eigenvalue weighted by Crippen LogP contribution is -1.91. The Kier molecular flexibility index (Phi) is 2.85. The second kappa shape index (κ2) is 3.99. The topological polar surface area (TPSA) is 22.1 Å². The summed E-state index contributed by atoms with van der Waals surface area (Å²) in [6, 6.07) is 5.59. The number of hydrogen-bond acceptors (Lipinski definition) is 2. The lowest BCUT2D eigenvalue weighted by atomic mass is 10.1. The van der Waals surface area contributed by atoms with Crippen molar-refractivity contribution >= 4 is 38.4 Å². The van der Waals surface area contributed by atoms with E-state index in [1.54, 1.807) is 7.11 Å². The van der Waals surface area contributed by atoms with Crippen molar-refractivity contribution in [3.8, 4) is 5.75 Å². The van der Waals surface area contributed by atoms with Crippen LogP contribution in [0, 0.1) is 6.92 Å². The molecule has 0 bridgehead atoms. The van der Waals surface area contributed by atoms with Gasteiger partial charge in [-0.15, -0.1) is 0 Å². The van der Waals surface area contributed by atoms with Crippen LogP contribution in [-0.4, -0.2) is 12.1 Å². The van der Waals surface area contributed by atoms with Gasteiger partial charge >= 0.3 is 0 Å². The molecule has 1 aromatic heterocycles. The standard InChI is InChI=1S/C11H9BrClNO/c1-6-5-9(12)14-11-8(15-2)4-3-7(13)10(6)11/h3-5H,1-2H3. The molecule has 0 fully saturated rings. The lowest BCUT2D eigenvalue weighted by Gasteiger charge is -2.08. The molecular weight excluding hydrogens is 277 g/mol. The van der Waals surface area contributed by atoms with Crippen molar-refractivity contribution in [3.05, 3.63) is 33.4 Å². The van der Waals surface area contributed by atoms with E-state index in [2.05, 4.69) is 20.9 Å². The van der Waals surface area contributed by atoms with Crippen LogP contribution in [0.5, 0.6) is 5.75 Å². The summed E-state index contributed by atoms with van der Waals surface area (Å²) in [5.74, 6) is 0.735. The lowest BCUT2D eigenvalue weighted by molar-refractivity contribution is 0.419. The minimum Gasteiger partial charge on any atom is -0.494 e. The van der Waals surface area contributed by atoms with Gasteiger partial charge in [-0.2, -0.15) is 0 Å². The van der Waals surface area contributed by atoms with Gasteiger partial charge in [0.25, 0.3) is 0 Å². The van der Waals surface area contributed by atoms with Gasteiger partial charge in [0.2, 0.25) is 0 Å². The van der Waals surface area contributed by atoms with E-state index in [9.17, 15) is 0 Å². The van der Waals surface area contributed by atoms with Crippen LogP contribution in [0.2, 0.25) is 5.02 Å². The van der Waals surface area contributed by atoms with Crippen LogP contribution in [-0.2, 0) is 0 Å². The predicted molar refractivity (Wildman–Crippen MR) is 65.7 cm³/mol. The summed E-state index contributed by atoms with van der Waals surface area (Å²) < 4.78 is 6.04. The van der Waals surface area contributed by atoms with Crippen molar-refractivity contribution in [1.29, 1.82) is 0 Å². The van der Waals surface area contributed by atoms with Crippen LogP contribution >= 0.6 is 27.5 Å². The highest BCUT2D eigenvalue weighted by atomic mass is 79.9. The van der Waals surface area contributed by atoms with Crippen molar-refractivity contribution in [2.45, 2.75) is 6.92 Å². The van der Waals surface area contributed by atoms with Crippen molar-refractivity contribution in [2.24, 2.45) is 0 Å². The summed E-state index contributed by atoms with van der Waals surface area (Å²) in [6.07, 6.45) is 0. The first kappa shape index (κ1) is 10.7. The SMILES string of the molecule is COc1ccc(Cl)c2c(C)cc(Br)nc12. The summed E-state index contributed by atoms with van der Waals surface area (Å²) >= 11 is 9.49. The number of fused-ring (bicyclic) bond motifs is 1. The Labute approximate surface area is 101 Å². The normalized spacial score (nSPS) is 10.7. The van der Waals surface area contributed by atoms with E-state index >= 15 is 0 Å². The summed E-state index contributed by atoms with van der Waals surface area (Å²) in [7, 11) is 1.63. The number of aryl methyl sites for hydroxylation is 1. The maximum absolute atomic E-state index is 6.13. The van der Waals surface area contributed by atoms with Crippen molar-refractivity contribution in [2.75, 3.05) is 7.11 Å². The smallest absolute Gasteiger partial charge is 0.145 e. The van der Waals surface area contributed by atoms with Gasteiger partial charge in [-0.1, -0.05) is 11.6 Å². The zero-order valence-electron chi connectivity index (χ0n) is 8.34. The summed E-state index contributed by atoms with van der Waals surface area (Å²) in [5, 5.41) is 1.64. The number of aromatic nitrogens is 1. The number of halogens is 2. The van der Waals surface area contributed by atoms with Crippen molar-refractivity contribution in [3.63, 3.8) is 0 Å². The quantitative estimate of drug-likeness (QED) is 0.740. The second-order valence-electron chi connectivity index (χ2n) is 3.24. The second-order valence-corrected chi connectivity index (χ2v) is 4.45. The molecule has 0 saturated carbocycles. The van der Waals surface area contributed by atoms with Gasteiger partial charge in [-0.3, -0.25) is 0 Å². The van der Waals surface area contributed by atoms with Gasteiger partial charge in [0.15, 0.2) is 0 Å². The number of rotatable bonds is 1. The van der Waals surface area contributed by atoms with Crippen LogP contribution in [0.4, 0.5) is 0 Å². The Morgan fingerprint density at radius 2 is 2.13 bits per heavy atom. The Balaban J connectivity index is 2.93. The maximum Gasteiger partial charge on any atom is 0.145 e. The van der Waals surface area contributed by atoms with Crippen LogP contribution in [0.1, 0.15) is 5.56 Å². The fourth-order valence-electron chi connectivity index (χ4n) is 1.59. The van der Waals surface area contributed by atoms with Crippen LogP contribution in [0.15, 0.2) is 22.8 Å². The first-order chi connectivity index (χ1) is 7.13. The molecule has 0 atom stereocenters. The highest BCUT2D eigenvalue weighted by Crippen LogP contribution is 2.33. The van der Waals surface area contributed by atoms with Gasteiger partial charge in [0.05, 0.1) is 12.1 Å². The molecule has 15 heavy (non-hydrogen) atoms. The summed E-state index contributed by atoms with van der Waals surface area (Å²) in [6.45, 7) is 2.00. The van der Waals surface area contributed by atoms with E-state index in [1.807, 2.05) is 25.1 Å². The average molecular weight is 287 g/mol. The van der Waals surface area contributed by atoms with E-state index in [1.165, 1.54) is 0 Å². The molecule has 0 aliphatic rings. The highest BCUT2D eigenvalue weighted by molar-refractivity contribution is 9.10. The third-order valence-corrected chi connectivity index (χ3v) is 2.98. The van der Waals surface area contributed by atoms with E-state index < -0.39 is 0 Å². The largest absolute Gasteiger partial charge is 0.494 e. The van der Waals surface area contributed by atoms with Gasteiger partial charge in [0.1, 0.15) is 15.9 Å². The first-order valence-corrected chi connectivity index (χ1v) is 5.60. The predicted octanol–water partition coefficient (Wildman–Crippen LogP) is 3.97. The van der Waals surface area contributed by atoms with E-state index in [-0.39, 0.29) is 0 Å². The summed E-state index contributed by atoms with van der Waals surface area (Å²) in [4.78, 5) is 4.38. The molecule has 2 rings (SSSR count). The molecule has 1 heterocycles. The molecule has 0 saturated heterocycles. The van der Waals surface area contributed by atoms with Gasteiger partial charge < -0.3 is 4.74 Å².